The molecular formula is C24H28N4O3. The molecular weight excluding hydrogens is 392 g/mol. The van der Waals surface area contributed by atoms with Crippen LogP contribution in [0.1, 0.15) is 55.0 Å². The number of piperidine rings is 1. The Labute approximate surface area is 182 Å². The number of aryl methyl sites for hydroxylation is 2. The van der Waals surface area contributed by atoms with Gasteiger partial charge >= 0.3 is 0 Å². The Hall–Kier alpha value is -3.22. The molecule has 0 bridgehead atoms. The van der Waals surface area contributed by atoms with E-state index in [4.69, 9.17) is 14.2 Å². The second-order valence-electron chi connectivity index (χ2n) is 7.90. The minimum Gasteiger partial charge on any atom is -0.494 e. The number of hydrogen-bond acceptors (Lipinski definition) is 6. The van der Waals surface area contributed by atoms with E-state index in [9.17, 15) is 4.79 Å². The second kappa shape index (κ2) is 9.29. The van der Waals surface area contributed by atoms with E-state index >= 15 is 0 Å². The molecule has 1 aliphatic heterocycles. The Morgan fingerprint density at radius 3 is 2.74 bits per heavy atom. The van der Waals surface area contributed by atoms with E-state index < -0.39 is 0 Å². The fraction of sp³-hybridized carbons (Fsp3) is 0.417. The summed E-state index contributed by atoms with van der Waals surface area (Å²) in [4.78, 5) is 24.4. The van der Waals surface area contributed by atoms with E-state index in [-0.39, 0.29) is 11.9 Å². The summed E-state index contributed by atoms with van der Waals surface area (Å²) in [6.07, 6.45) is 5.04. The Balaban J connectivity index is 1.60. The zero-order chi connectivity index (χ0) is 21.8. The second-order valence-corrected chi connectivity index (χ2v) is 7.90. The first-order valence-electron chi connectivity index (χ1n) is 10.8. The largest absolute Gasteiger partial charge is 0.494 e. The van der Waals surface area contributed by atoms with Gasteiger partial charge in [-0.15, -0.1) is 0 Å². The first-order valence-corrected chi connectivity index (χ1v) is 10.8. The van der Waals surface area contributed by atoms with Gasteiger partial charge in [-0.25, -0.2) is 9.97 Å². The van der Waals surface area contributed by atoms with Gasteiger partial charge in [-0.05, 0) is 57.7 Å². The number of nitrogens with zero attached hydrogens (tertiary/aromatic N) is 4. The molecule has 3 aromatic rings. The highest BCUT2D eigenvalue weighted by Gasteiger charge is 2.32. The molecule has 7 heteroatoms. The Morgan fingerprint density at radius 1 is 1.23 bits per heavy atom. The van der Waals surface area contributed by atoms with Crippen LogP contribution in [0, 0.1) is 13.8 Å². The standard InChI is InChI=1S/C24H28N4O3/c1-4-30-19-10-8-18(9-11-19)14-23(29)28-12-6-5-7-21(28)24-20(15-25-17(3)26-24)22-13-16(2)27-31-22/h8-11,13,15,21H,4-7,12,14H2,1-3H3/t21-/m0/s1. The normalized spacial score (nSPS) is 16.4. The van der Waals surface area contributed by atoms with Crippen LogP contribution in [-0.2, 0) is 11.2 Å². The predicted molar refractivity (Wildman–Crippen MR) is 117 cm³/mol. The lowest BCUT2D eigenvalue weighted by Crippen LogP contribution is -2.40. The average molecular weight is 421 g/mol. The van der Waals surface area contributed by atoms with Crippen molar-refractivity contribution >= 4 is 5.91 Å². The highest BCUT2D eigenvalue weighted by atomic mass is 16.5. The number of ether oxygens (including phenoxy) is 1. The monoisotopic (exact) mass is 420 g/mol. The maximum atomic E-state index is 13.3. The van der Waals surface area contributed by atoms with Crippen molar-refractivity contribution in [3.63, 3.8) is 0 Å². The van der Waals surface area contributed by atoms with Crippen LogP contribution in [0.3, 0.4) is 0 Å². The van der Waals surface area contributed by atoms with Crippen molar-refractivity contribution in [3.8, 4) is 17.1 Å². The predicted octanol–water partition coefficient (Wildman–Crippen LogP) is 4.44. The molecule has 2 aromatic heterocycles. The minimum absolute atomic E-state index is 0.102. The van der Waals surface area contributed by atoms with Crippen LogP contribution in [0.4, 0.5) is 0 Å². The van der Waals surface area contributed by atoms with Gasteiger partial charge in [0.15, 0.2) is 5.76 Å². The van der Waals surface area contributed by atoms with Crippen LogP contribution in [0.2, 0.25) is 0 Å². The number of amides is 1. The van der Waals surface area contributed by atoms with Crippen molar-refractivity contribution in [3.05, 3.63) is 59.3 Å². The molecule has 1 aromatic carbocycles. The summed E-state index contributed by atoms with van der Waals surface area (Å²) in [6, 6.07) is 9.52. The summed E-state index contributed by atoms with van der Waals surface area (Å²) in [6.45, 7) is 7.05. The Bertz CT molecular complexity index is 1050. The van der Waals surface area contributed by atoms with Gasteiger partial charge in [-0.2, -0.15) is 0 Å². The van der Waals surface area contributed by atoms with Crippen LogP contribution < -0.4 is 4.74 Å². The lowest BCUT2D eigenvalue weighted by atomic mass is 9.94. The molecule has 0 radical (unpaired) electrons. The van der Waals surface area contributed by atoms with Crippen molar-refractivity contribution in [2.24, 2.45) is 0 Å². The number of rotatable bonds is 6. The van der Waals surface area contributed by atoms with Gasteiger partial charge in [-0.1, -0.05) is 17.3 Å². The van der Waals surface area contributed by atoms with Crippen molar-refractivity contribution in [2.75, 3.05) is 13.2 Å². The van der Waals surface area contributed by atoms with Crippen molar-refractivity contribution < 1.29 is 14.1 Å². The van der Waals surface area contributed by atoms with Crippen molar-refractivity contribution in [2.45, 2.75) is 52.5 Å². The third-order valence-corrected chi connectivity index (χ3v) is 5.56. The topological polar surface area (TPSA) is 81.4 Å². The summed E-state index contributed by atoms with van der Waals surface area (Å²) in [5, 5.41) is 4.01. The maximum Gasteiger partial charge on any atom is 0.227 e. The van der Waals surface area contributed by atoms with E-state index in [1.807, 2.05) is 56.0 Å². The number of carbonyl (C=O) groups is 1. The zero-order valence-corrected chi connectivity index (χ0v) is 18.3. The molecule has 7 nitrogen and oxygen atoms in total. The van der Waals surface area contributed by atoms with Gasteiger partial charge in [0.05, 0.1) is 36.0 Å². The van der Waals surface area contributed by atoms with Crippen LogP contribution >= 0.6 is 0 Å². The molecule has 0 unspecified atom stereocenters. The average Bonchev–Trinajstić information content (AvgIpc) is 3.21. The fourth-order valence-electron chi connectivity index (χ4n) is 4.08. The summed E-state index contributed by atoms with van der Waals surface area (Å²) in [5.41, 5.74) is 3.41. The smallest absolute Gasteiger partial charge is 0.227 e. The highest BCUT2D eigenvalue weighted by Crippen LogP contribution is 2.36. The van der Waals surface area contributed by atoms with Gasteiger partial charge in [-0.3, -0.25) is 4.79 Å². The molecule has 1 saturated heterocycles. The number of likely N-dealkylation sites (tertiary alicyclic amines) is 1. The molecule has 4 rings (SSSR count). The molecule has 1 atom stereocenters. The highest BCUT2D eigenvalue weighted by molar-refractivity contribution is 5.79. The maximum absolute atomic E-state index is 13.3. The molecule has 0 spiro atoms. The van der Waals surface area contributed by atoms with E-state index in [0.717, 1.165) is 54.1 Å². The lowest BCUT2D eigenvalue weighted by Gasteiger charge is -2.36. The molecule has 0 N–H and O–H groups in total. The van der Waals surface area contributed by atoms with Crippen molar-refractivity contribution in [1.82, 2.24) is 20.0 Å². The minimum atomic E-state index is -0.106. The first-order chi connectivity index (χ1) is 15.0. The summed E-state index contributed by atoms with van der Waals surface area (Å²) in [5.74, 6) is 2.24. The van der Waals surface area contributed by atoms with E-state index in [1.54, 1.807) is 6.20 Å². The molecule has 1 amide bonds. The zero-order valence-electron chi connectivity index (χ0n) is 18.3. The number of aromatic nitrogens is 3. The van der Waals surface area contributed by atoms with Gasteiger partial charge < -0.3 is 14.2 Å². The number of carbonyl (C=O) groups excluding carboxylic acids is 1. The van der Waals surface area contributed by atoms with Crippen molar-refractivity contribution in [1.29, 1.82) is 0 Å². The fourth-order valence-corrected chi connectivity index (χ4v) is 4.08. The van der Waals surface area contributed by atoms with Crippen LogP contribution in [0.15, 0.2) is 41.1 Å². The quantitative estimate of drug-likeness (QED) is 0.586. The van der Waals surface area contributed by atoms with Gasteiger partial charge in [0.2, 0.25) is 5.91 Å². The molecule has 1 fully saturated rings. The molecule has 1 aliphatic rings. The van der Waals surface area contributed by atoms with E-state index in [0.29, 0.717) is 24.6 Å². The molecule has 0 saturated carbocycles. The van der Waals surface area contributed by atoms with E-state index in [2.05, 4.69) is 10.1 Å². The summed E-state index contributed by atoms with van der Waals surface area (Å²) >= 11 is 0. The van der Waals surface area contributed by atoms with Crippen LogP contribution in [0.25, 0.3) is 11.3 Å². The lowest BCUT2D eigenvalue weighted by molar-refractivity contribution is -0.134. The molecule has 31 heavy (non-hydrogen) atoms. The number of benzene rings is 1. The molecule has 3 heterocycles. The summed E-state index contributed by atoms with van der Waals surface area (Å²) < 4.78 is 11.0. The SMILES string of the molecule is CCOc1ccc(CC(=O)N2CCCC[C@H]2c2nc(C)ncc2-c2cc(C)no2)cc1. The van der Waals surface area contributed by atoms with Gasteiger partial charge in [0.1, 0.15) is 11.6 Å². The molecule has 0 aliphatic carbocycles. The third kappa shape index (κ3) is 4.76. The number of hydrogen-bond donors (Lipinski definition) is 0. The van der Waals surface area contributed by atoms with Crippen LogP contribution in [0.5, 0.6) is 5.75 Å². The Kier molecular flexibility index (Phi) is 6.30. The van der Waals surface area contributed by atoms with Gasteiger partial charge in [0.25, 0.3) is 0 Å². The third-order valence-electron chi connectivity index (χ3n) is 5.56. The van der Waals surface area contributed by atoms with Crippen LogP contribution in [-0.4, -0.2) is 39.1 Å². The van der Waals surface area contributed by atoms with Gasteiger partial charge in [0, 0.05) is 18.8 Å². The molecule has 162 valence electrons. The first kappa shape index (κ1) is 21.0. The van der Waals surface area contributed by atoms with E-state index in [1.165, 1.54) is 0 Å². The Morgan fingerprint density at radius 2 is 2.03 bits per heavy atom. The summed E-state index contributed by atoms with van der Waals surface area (Å²) in [7, 11) is 0.